The summed E-state index contributed by atoms with van der Waals surface area (Å²) >= 11 is 0. The van der Waals surface area contributed by atoms with Crippen LogP contribution in [0.4, 0.5) is 10.1 Å². The van der Waals surface area contributed by atoms with Crippen LogP contribution in [0.3, 0.4) is 0 Å². The van der Waals surface area contributed by atoms with Gasteiger partial charge >= 0.3 is 0 Å². The van der Waals surface area contributed by atoms with E-state index in [1.165, 1.54) is 6.07 Å². The summed E-state index contributed by atoms with van der Waals surface area (Å²) in [6.07, 6.45) is 1.62. The summed E-state index contributed by atoms with van der Waals surface area (Å²) in [5.41, 5.74) is 2.21. The molecule has 1 saturated heterocycles. The van der Waals surface area contributed by atoms with E-state index < -0.39 is 0 Å². The Morgan fingerprint density at radius 1 is 1.06 bits per heavy atom. The van der Waals surface area contributed by atoms with Crippen molar-refractivity contribution in [2.24, 2.45) is 0 Å². The van der Waals surface area contributed by atoms with Gasteiger partial charge in [0.2, 0.25) is 11.7 Å². The zero-order chi connectivity index (χ0) is 22.5. The number of ether oxygens (including phenoxy) is 3. The van der Waals surface area contributed by atoms with Crippen molar-refractivity contribution in [1.29, 1.82) is 0 Å². The first-order valence-corrected chi connectivity index (χ1v) is 10.5. The van der Waals surface area contributed by atoms with Gasteiger partial charge in [-0.3, -0.25) is 9.69 Å². The zero-order valence-corrected chi connectivity index (χ0v) is 18.9. The molecule has 3 rings (SSSR count). The van der Waals surface area contributed by atoms with Crippen molar-refractivity contribution in [3.05, 3.63) is 47.3 Å². The molecular formula is C24H31FN2O4. The van der Waals surface area contributed by atoms with Crippen molar-refractivity contribution in [1.82, 2.24) is 4.90 Å². The van der Waals surface area contributed by atoms with Gasteiger partial charge in [0.05, 0.1) is 21.3 Å². The normalized spacial score (nSPS) is 14.9. The van der Waals surface area contributed by atoms with Crippen LogP contribution in [0.2, 0.25) is 0 Å². The summed E-state index contributed by atoms with van der Waals surface area (Å²) in [5, 5.41) is 0. The predicted octanol–water partition coefficient (Wildman–Crippen LogP) is 4.18. The molecule has 0 atom stereocenters. The Labute approximate surface area is 183 Å². The lowest BCUT2D eigenvalue weighted by atomic mass is 10.0. The van der Waals surface area contributed by atoms with Crippen molar-refractivity contribution >= 4 is 11.6 Å². The molecule has 0 saturated carbocycles. The number of halogens is 1. The van der Waals surface area contributed by atoms with E-state index in [0.29, 0.717) is 35.0 Å². The first kappa shape index (κ1) is 22.9. The Kier molecular flexibility index (Phi) is 7.38. The van der Waals surface area contributed by atoms with E-state index in [0.717, 1.165) is 31.5 Å². The summed E-state index contributed by atoms with van der Waals surface area (Å²) in [6, 6.07) is 8.91. The van der Waals surface area contributed by atoms with Gasteiger partial charge in [0.25, 0.3) is 0 Å². The maximum atomic E-state index is 14.1. The molecule has 0 aliphatic carbocycles. The third kappa shape index (κ3) is 4.93. The smallest absolute Gasteiger partial charge is 0.224 e. The minimum atomic E-state index is -0.290. The number of hydrogen-bond donors (Lipinski definition) is 0. The highest BCUT2D eigenvalue weighted by Gasteiger charge is 2.28. The van der Waals surface area contributed by atoms with Crippen LogP contribution in [0.25, 0.3) is 0 Å². The summed E-state index contributed by atoms with van der Waals surface area (Å²) in [5.74, 6) is 1.53. The van der Waals surface area contributed by atoms with Gasteiger partial charge in [-0.2, -0.15) is 0 Å². The van der Waals surface area contributed by atoms with E-state index in [1.54, 1.807) is 46.1 Å². The average Bonchev–Trinajstić information content (AvgIpc) is 2.76. The minimum Gasteiger partial charge on any atom is -0.493 e. The minimum absolute atomic E-state index is 0.0446. The Hall–Kier alpha value is -2.80. The van der Waals surface area contributed by atoms with Gasteiger partial charge in [0.15, 0.2) is 11.5 Å². The van der Waals surface area contributed by atoms with Gasteiger partial charge in [-0.1, -0.05) is 12.1 Å². The van der Waals surface area contributed by atoms with E-state index in [1.807, 2.05) is 18.2 Å². The zero-order valence-electron chi connectivity index (χ0n) is 18.9. The largest absolute Gasteiger partial charge is 0.493 e. The van der Waals surface area contributed by atoms with Gasteiger partial charge in [-0.15, -0.1) is 0 Å². The highest BCUT2D eigenvalue weighted by atomic mass is 19.1. The van der Waals surface area contributed by atoms with Crippen molar-refractivity contribution in [2.75, 3.05) is 39.3 Å². The van der Waals surface area contributed by atoms with Crippen molar-refractivity contribution in [3.63, 3.8) is 0 Å². The van der Waals surface area contributed by atoms with E-state index >= 15 is 0 Å². The number of benzene rings is 2. The molecule has 31 heavy (non-hydrogen) atoms. The van der Waals surface area contributed by atoms with Crippen LogP contribution in [0.1, 0.15) is 30.9 Å². The maximum Gasteiger partial charge on any atom is 0.224 e. The van der Waals surface area contributed by atoms with E-state index in [4.69, 9.17) is 14.2 Å². The Balaban J connectivity index is 1.71. The molecule has 0 unspecified atom stereocenters. The number of carbonyl (C=O) groups excluding carboxylic acids is 1. The number of piperidine rings is 1. The first-order valence-electron chi connectivity index (χ1n) is 10.5. The topological polar surface area (TPSA) is 51.2 Å². The van der Waals surface area contributed by atoms with Crippen LogP contribution >= 0.6 is 0 Å². The van der Waals surface area contributed by atoms with Crippen molar-refractivity contribution < 1.29 is 23.4 Å². The molecule has 2 aromatic rings. The van der Waals surface area contributed by atoms with E-state index in [2.05, 4.69) is 4.90 Å². The number of methoxy groups -OCH3 is 3. The molecular weight excluding hydrogens is 399 g/mol. The van der Waals surface area contributed by atoms with Crippen LogP contribution in [-0.4, -0.2) is 51.3 Å². The van der Waals surface area contributed by atoms with Crippen molar-refractivity contribution in [3.8, 4) is 17.2 Å². The fourth-order valence-corrected chi connectivity index (χ4v) is 4.25. The van der Waals surface area contributed by atoms with Crippen LogP contribution in [0.5, 0.6) is 17.2 Å². The molecule has 1 aliphatic heterocycles. The van der Waals surface area contributed by atoms with Gasteiger partial charge < -0.3 is 19.1 Å². The van der Waals surface area contributed by atoms with Crippen LogP contribution in [0, 0.1) is 12.7 Å². The molecule has 0 radical (unpaired) electrons. The monoisotopic (exact) mass is 430 g/mol. The van der Waals surface area contributed by atoms with Gasteiger partial charge in [-0.05, 0) is 43.5 Å². The van der Waals surface area contributed by atoms with Crippen molar-refractivity contribution in [2.45, 2.75) is 39.3 Å². The number of rotatable bonds is 7. The number of aryl methyl sites for hydroxylation is 1. The molecule has 0 N–H and O–H groups in total. The molecule has 1 heterocycles. The second kappa shape index (κ2) is 10.0. The molecule has 2 aromatic carbocycles. The maximum absolute atomic E-state index is 14.1. The number of hydrogen-bond acceptors (Lipinski definition) is 5. The predicted molar refractivity (Wildman–Crippen MR) is 119 cm³/mol. The average molecular weight is 431 g/mol. The lowest BCUT2D eigenvalue weighted by Crippen LogP contribution is -2.46. The molecule has 1 aliphatic rings. The molecule has 1 amide bonds. The lowest BCUT2D eigenvalue weighted by Gasteiger charge is -2.38. The third-order valence-corrected chi connectivity index (χ3v) is 5.87. The highest BCUT2D eigenvalue weighted by Crippen LogP contribution is 2.40. The molecule has 0 aromatic heterocycles. The molecule has 0 bridgehead atoms. The second-order valence-corrected chi connectivity index (χ2v) is 7.82. The van der Waals surface area contributed by atoms with Gasteiger partial charge in [-0.25, -0.2) is 4.39 Å². The fraction of sp³-hybridized carbons (Fsp3) is 0.458. The van der Waals surface area contributed by atoms with Crippen LogP contribution < -0.4 is 19.1 Å². The van der Waals surface area contributed by atoms with Crippen LogP contribution in [-0.2, 0) is 11.3 Å². The third-order valence-electron chi connectivity index (χ3n) is 5.87. The van der Waals surface area contributed by atoms with E-state index in [-0.39, 0.29) is 17.8 Å². The summed E-state index contributed by atoms with van der Waals surface area (Å²) in [7, 11) is 4.82. The fourth-order valence-electron chi connectivity index (χ4n) is 4.25. The Morgan fingerprint density at radius 2 is 1.74 bits per heavy atom. The van der Waals surface area contributed by atoms with Gasteiger partial charge in [0, 0.05) is 43.9 Å². The number of amides is 1. The number of carbonyl (C=O) groups is 1. The molecule has 168 valence electrons. The molecule has 6 nitrogen and oxygen atoms in total. The highest BCUT2D eigenvalue weighted by molar-refractivity contribution is 5.92. The Bertz CT molecular complexity index is 926. The standard InChI is InChI=1S/C24H31FN2O4/c1-16-6-8-20(14-21(16)25)27(17(2)28)19-10-12-26(13-11-19)15-18-7-9-22(29-3)24(31-5)23(18)30-4/h6-9,14,19H,10-13,15H2,1-5H3. The molecule has 0 spiro atoms. The quantitative estimate of drug-likeness (QED) is 0.660. The van der Waals surface area contributed by atoms with E-state index in [9.17, 15) is 9.18 Å². The molecule has 1 fully saturated rings. The lowest BCUT2D eigenvalue weighted by molar-refractivity contribution is -0.117. The first-order chi connectivity index (χ1) is 14.9. The SMILES string of the molecule is COc1ccc(CN2CCC(N(C(C)=O)c3ccc(C)c(F)c3)CC2)c(OC)c1OC. The number of nitrogens with zero attached hydrogens (tertiary/aromatic N) is 2. The summed E-state index contributed by atoms with van der Waals surface area (Å²) in [6.45, 7) is 5.60. The van der Waals surface area contributed by atoms with Crippen LogP contribution in [0.15, 0.2) is 30.3 Å². The number of anilines is 1. The summed E-state index contributed by atoms with van der Waals surface area (Å²) < 4.78 is 30.5. The summed E-state index contributed by atoms with van der Waals surface area (Å²) in [4.78, 5) is 16.4. The van der Waals surface area contributed by atoms with Gasteiger partial charge in [0.1, 0.15) is 5.82 Å². The Morgan fingerprint density at radius 3 is 2.29 bits per heavy atom. The molecule has 7 heteroatoms. The number of likely N-dealkylation sites (tertiary alicyclic amines) is 1. The second-order valence-electron chi connectivity index (χ2n) is 7.82.